The third-order valence-corrected chi connectivity index (χ3v) is 6.07. The summed E-state index contributed by atoms with van der Waals surface area (Å²) in [6.07, 6.45) is 0. The van der Waals surface area contributed by atoms with E-state index in [9.17, 15) is 0 Å². The number of hydrogen-bond donors (Lipinski definition) is 0. The molecule has 2 aromatic heterocycles. The average molecular weight is 547 g/mol. The SMILES string of the molecule is COc1cccc2c1nc1ccccc1[n+]2C.COc1cccc2c1nc1ccccc1[n+]2C.O=S(=O)([O-])[O-]. The molecule has 0 saturated carbocycles. The van der Waals surface area contributed by atoms with Crippen molar-refractivity contribution in [2.45, 2.75) is 0 Å². The molecule has 11 heteroatoms. The van der Waals surface area contributed by atoms with E-state index in [1.807, 2.05) is 74.8 Å². The maximum Gasteiger partial charge on any atom is 0.235 e. The van der Waals surface area contributed by atoms with Crippen LogP contribution in [0.3, 0.4) is 0 Å². The second-order valence-corrected chi connectivity index (χ2v) is 9.20. The minimum atomic E-state index is -5.17. The first-order valence-corrected chi connectivity index (χ1v) is 13.1. The molecule has 10 nitrogen and oxygen atoms in total. The number of hydrogen-bond acceptors (Lipinski definition) is 8. The predicted molar refractivity (Wildman–Crippen MR) is 144 cm³/mol. The Morgan fingerprint density at radius 3 is 1.28 bits per heavy atom. The van der Waals surface area contributed by atoms with E-state index in [0.717, 1.165) is 55.6 Å². The highest BCUT2D eigenvalue weighted by Crippen LogP contribution is 2.24. The van der Waals surface area contributed by atoms with Crippen LogP contribution in [0.1, 0.15) is 0 Å². The number of aromatic nitrogens is 4. The molecule has 0 amide bonds. The van der Waals surface area contributed by atoms with E-state index >= 15 is 0 Å². The lowest BCUT2D eigenvalue weighted by Crippen LogP contribution is -2.30. The van der Waals surface area contributed by atoms with E-state index in [1.165, 1.54) is 0 Å². The van der Waals surface area contributed by atoms with Crippen LogP contribution in [-0.2, 0) is 24.5 Å². The minimum Gasteiger partial charge on any atom is -0.759 e. The van der Waals surface area contributed by atoms with Crippen molar-refractivity contribution in [1.29, 1.82) is 0 Å². The molecule has 0 unspecified atom stereocenters. The summed E-state index contributed by atoms with van der Waals surface area (Å²) in [5, 5.41) is 0. The lowest BCUT2D eigenvalue weighted by atomic mass is 10.2. The second-order valence-electron chi connectivity index (χ2n) is 8.38. The van der Waals surface area contributed by atoms with Crippen LogP contribution in [0.25, 0.3) is 44.1 Å². The summed E-state index contributed by atoms with van der Waals surface area (Å²) < 4.78 is 49.1. The molecule has 4 aromatic carbocycles. The number of rotatable bonds is 2. The van der Waals surface area contributed by atoms with Crippen molar-refractivity contribution < 1.29 is 36.1 Å². The Morgan fingerprint density at radius 2 is 0.923 bits per heavy atom. The molecule has 0 bridgehead atoms. The molecule has 200 valence electrons. The summed E-state index contributed by atoms with van der Waals surface area (Å²) in [5.74, 6) is 1.62. The van der Waals surface area contributed by atoms with Gasteiger partial charge in [0.25, 0.3) is 0 Å². The Labute approximate surface area is 225 Å². The van der Waals surface area contributed by atoms with Crippen molar-refractivity contribution in [2.75, 3.05) is 14.2 Å². The van der Waals surface area contributed by atoms with Crippen LogP contribution < -0.4 is 18.6 Å². The van der Waals surface area contributed by atoms with Gasteiger partial charge in [-0.05, 0) is 24.3 Å². The lowest BCUT2D eigenvalue weighted by Gasteiger charge is -2.06. The topological polar surface area (TPSA) is 132 Å². The molecular formula is C28H26N4O6S. The van der Waals surface area contributed by atoms with E-state index in [0.29, 0.717) is 0 Å². The normalized spacial score (nSPS) is 11.0. The van der Waals surface area contributed by atoms with Crippen LogP contribution in [-0.4, -0.2) is 41.7 Å². The standard InChI is InChI=1S/2C14H13N2O.H2O4S/c2*1-16-11-7-4-3-6-10(11)15-14-12(16)8-5-9-13(14)17-2;1-5(2,3)4/h2*3-9H,1-2H3;(H2,1,2,3,4)/q2*+1;/p-2. The van der Waals surface area contributed by atoms with Crippen LogP contribution in [0.15, 0.2) is 84.9 Å². The fourth-order valence-electron chi connectivity index (χ4n) is 4.30. The Hall–Kier alpha value is -4.45. The largest absolute Gasteiger partial charge is 0.759 e. The first-order valence-electron chi connectivity index (χ1n) is 11.7. The van der Waals surface area contributed by atoms with Crippen molar-refractivity contribution in [1.82, 2.24) is 9.97 Å². The highest BCUT2D eigenvalue weighted by molar-refractivity contribution is 7.79. The van der Waals surface area contributed by atoms with Gasteiger partial charge < -0.3 is 18.6 Å². The van der Waals surface area contributed by atoms with E-state index in [2.05, 4.69) is 43.4 Å². The molecule has 0 atom stereocenters. The molecule has 0 aliphatic rings. The van der Waals surface area contributed by atoms with Gasteiger partial charge >= 0.3 is 0 Å². The zero-order chi connectivity index (χ0) is 28.2. The molecule has 2 heterocycles. The Morgan fingerprint density at radius 1 is 0.590 bits per heavy atom. The molecule has 6 rings (SSSR count). The van der Waals surface area contributed by atoms with E-state index < -0.39 is 10.4 Å². The molecule has 0 spiro atoms. The smallest absolute Gasteiger partial charge is 0.235 e. The molecular weight excluding hydrogens is 520 g/mol. The summed E-state index contributed by atoms with van der Waals surface area (Å²) in [5.41, 5.74) is 8.14. The van der Waals surface area contributed by atoms with Gasteiger partial charge in [0.2, 0.25) is 22.1 Å². The zero-order valence-corrected chi connectivity index (χ0v) is 22.5. The fraction of sp³-hybridized carbons (Fsp3) is 0.143. The van der Waals surface area contributed by atoms with Gasteiger partial charge in [-0.25, -0.2) is 9.97 Å². The molecule has 0 saturated heterocycles. The van der Waals surface area contributed by atoms with Gasteiger partial charge in [0.05, 0.1) is 14.2 Å². The van der Waals surface area contributed by atoms with Crippen LogP contribution in [0.4, 0.5) is 0 Å². The number of methoxy groups -OCH3 is 2. The van der Waals surface area contributed by atoms with Crippen LogP contribution in [0.2, 0.25) is 0 Å². The molecule has 0 aliphatic heterocycles. The molecule has 39 heavy (non-hydrogen) atoms. The third kappa shape index (κ3) is 6.17. The third-order valence-electron chi connectivity index (χ3n) is 6.07. The number of nitrogens with zero attached hydrogens (tertiary/aromatic N) is 4. The van der Waals surface area contributed by atoms with Gasteiger partial charge in [-0.3, -0.25) is 8.42 Å². The number of benzene rings is 4. The Bertz CT molecular complexity index is 1780. The summed E-state index contributed by atoms with van der Waals surface area (Å²) >= 11 is 0. The van der Waals surface area contributed by atoms with Crippen molar-refractivity contribution in [3.8, 4) is 11.5 Å². The molecule has 0 N–H and O–H groups in total. The van der Waals surface area contributed by atoms with Crippen molar-refractivity contribution in [3.05, 3.63) is 84.9 Å². The Balaban J connectivity index is 0.000000155. The van der Waals surface area contributed by atoms with Crippen LogP contribution >= 0.6 is 0 Å². The van der Waals surface area contributed by atoms with E-state index in [1.54, 1.807) is 14.2 Å². The van der Waals surface area contributed by atoms with Crippen LogP contribution in [0.5, 0.6) is 11.5 Å². The first-order chi connectivity index (χ1) is 18.6. The fourth-order valence-corrected chi connectivity index (χ4v) is 4.30. The van der Waals surface area contributed by atoms with Gasteiger partial charge in [-0.1, -0.05) is 36.4 Å². The molecule has 6 aromatic rings. The minimum absolute atomic E-state index is 0.809. The second kappa shape index (κ2) is 11.5. The van der Waals surface area contributed by atoms with Gasteiger partial charge in [0, 0.05) is 34.7 Å². The molecule has 0 aliphatic carbocycles. The summed E-state index contributed by atoms with van der Waals surface area (Å²) in [4.78, 5) is 9.33. The van der Waals surface area contributed by atoms with Crippen molar-refractivity contribution in [2.24, 2.45) is 14.1 Å². The van der Waals surface area contributed by atoms with Crippen molar-refractivity contribution >= 4 is 54.5 Å². The maximum atomic E-state index is 8.52. The van der Waals surface area contributed by atoms with Gasteiger partial charge in [0.1, 0.15) is 25.1 Å². The highest BCUT2D eigenvalue weighted by atomic mass is 32.3. The number of ether oxygens (including phenoxy) is 2. The van der Waals surface area contributed by atoms with Gasteiger partial charge in [-0.2, -0.15) is 9.13 Å². The van der Waals surface area contributed by atoms with Gasteiger partial charge in [-0.15, -0.1) is 0 Å². The quantitative estimate of drug-likeness (QED) is 0.140. The summed E-state index contributed by atoms with van der Waals surface area (Å²) in [6.45, 7) is 0. The average Bonchev–Trinajstić information content (AvgIpc) is 2.92. The first kappa shape index (κ1) is 27.6. The molecule has 0 radical (unpaired) electrons. The summed E-state index contributed by atoms with van der Waals surface area (Å²) in [7, 11) is 2.27. The predicted octanol–water partition coefficient (Wildman–Crippen LogP) is 3.10. The molecule has 0 fully saturated rings. The monoisotopic (exact) mass is 546 g/mol. The number of para-hydroxylation sites is 6. The zero-order valence-electron chi connectivity index (χ0n) is 21.7. The van der Waals surface area contributed by atoms with E-state index in [-0.39, 0.29) is 0 Å². The Kier molecular flexibility index (Phi) is 8.15. The van der Waals surface area contributed by atoms with E-state index in [4.69, 9.17) is 27.0 Å². The maximum absolute atomic E-state index is 8.52. The van der Waals surface area contributed by atoms with Gasteiger partial charge in [0.15, 0.2) is 22.5 Å². The number of fused-ring (bicyclic) bond motifs is 4. The lowest BCUT2D eigenvalue weighted by molar-refractivity contribution is -0.618. The number of aryl methyl sites for hydroxylation is 2. The summed E-state index contributed by atoms with van der Waals surface area (Å²) in [6, 6.07) is 28.2. The van der Waals surface area contributed by atoms with Crippen molar-refractivity contribution in [3.63, 3.8) is 0 Å². The highest BCUT2D eigenvalue weighted by Gasteiger charge is 2.16. The van der Waals surface area contributed by atoms with Crippen LogP contribution in [0, 0.1) is 0 Å².